The second-order valence-electron chi connectivity index (χ2n) is 2.04. The van der Waals surface area contributed by atoms with Gasteiger partial charge in [0.25, 0.3) is 0 Å². The summed E-state index contributed by atoms with van der Waals surface area (Å²) >= 11 is 3.24. The SMILES string of the molecule is NC(=O)c1ccc(CBr)nc1. The number of hydrogen-bond donors (Lipinski definition) is 1. The Labute approximate surface area is 72.7 Å². The summed E-state index contributed by atoms with van der Waals surface area (Å²) in [5, 5.41) is 0.687. The Bertz CT molecular complexity index is 258. The van der Waals surface area contributed by atoms with Gasteiger partial charge in [0, 0.05) is 11.5 Å². The van der Waals surface area contributed by atoms with Crippen molar-refractivity contribution in [3.05, 3.63) is 29.6 Å². The third kappa shape index (κ3) is 2.01. The van der Waals surface area contributed by atoms with E-state index >= 15 is 0 Å². The molecular weight excluding hydrogens is 208 g/mol. The lowest BCUT2D eigenvalue weighted by Gasteiger charge is -1.95. The zero-order chi connectivity index (χ0) is 8.27. The van der Waals surface area contributed by atoms with Crippen LogP contribution in [-0.2, 0) is 5.33 Å². The summed E-state index contributed by atoms with van der Waals surface area (Å²) < 4.78 is 0. The Kier molecular flexibility index (Phi) is 2.59. The minimum atomic E-state index is -0.446. The standard InChI is InChI=1S/C7H7BrN2O/c8-3-6-2-1-5(4-10-6)7(9)11/h1-2,4H,3H2,(H2,9,11). The molecule has 1 amide bonds. The first-order valence-electron chi connectivity index (χ1n) is 3.04. The van der Waals surface area contributed by atoms with Crippen molar-refractivity contribution < 1.29 is 4.79 Å². The fourth-order valence-corrected chi connectivity index (χ4v) is 0.981. The summed E-state index contributed by atoms with van der Waals surface area (Å²) in [6.45, 7) is 0. The zero-order valence-corrected chi connectivity index (χ0v) is 7.34. The highest BCUT2D eigenvalue weighted by Crippen LogP contribution is 2.02. The van der Waals surface area contributed by atoms with Crippen LogP contribution in [0, 0.1) is 0 Å². The van der Waals surface area contributed by atoms with Gasteiger partial charge in [-0.25, -0.2) is 0 Å². The van der Waals surface area contributed by atoms with E-state index in [1.807, 2.05) is 0 Å². The molecule has 0 spiro atoms. The van der Waals surface area contributed by atoms with E-state index in [1.54, 1.807) is 12.1 Å². The van der Waals surface area contributed by atoms with E-state index in [2.05, 4.69) is 20.9 Å². The molecule has 3 nitrogen and oxygen atoms in total. The summed E-state index contributed by atoms with van der Waals surface area (Å²) in [6, 6.07) is 3.42. The van der Waals surface area contributed by atoms with Crippen LogP contribution in [0.5, 0.6) is 0 Å². The molecule has 0 aliphatic heterocycles. The van der Waals surface area contributed by atoms with E-state index in [0.29, 0.717) is 10.9 Å². The Hall–Kier alpha value is -0.900. The van der Waals surface area contributed by atoms with Gasteiger partial charge in [-0.2, -0.15) is 0 Å². The Morgan fingerprint density at radius 2 is 2.36 bits per heavy atom. The Balaban J connectivity index is 2.91. The molecule has 1 aromatic heterocycles. The quantitative estimate of drug-likeness (QED) is 0.750. The highest BCUT2D eigenvalue weighted by atomic mass is 79.9. The lowest BCUT2D eigenvalue weighted by atomic mass is 10.2. The number of nitrogens with zero attached hydrogens (tertiary/aromatic N) is 1. The molecule has 2 N–H and O–H groups in total. The molecule has 0 unspecified atom stereocenters. The molecule has 0 aliphatic carbocycles. The topological polar surface area (TPSA) is 56.0 Å². The molecule has 4 heteroatoms. The number of alkyl halides is 1. The van der Waals surface area contributed by atoms with Crippen molar-refractivity contribution in [3.8, 4) is 0 Å². The van der Waals surface area contributed by atoms with Gasteiger partial charge in [-0.05, 0) is 12.1 Å². The molecular formula is C7H7BrN2O. The maximum Gasteiger partial charge on any atom is 0.250 e. The van der Waals surface area contributed by atoms with Crippen molar-refractivity contribution >= 4 is 21.8 Å². The highest BCUT2D eigenvalue weighted by Gasteiger charge is 1.98. The van der Waals surface area contributed by atoms with Crippen molar-refractivity contribution in [1.29, 1.82) is 0 Å². The van der Waals surface area contributed by atoms with Crippen LogP contribution < -0.4 is 5.73 Å². The van der Waals surface area contributed by atoms with Gasteiger partial charge in [0.15, 0.2) is 0 Å². The summed E-state index contributed by atoms with van der Waals surface area (Å²) in [4.78, 5) is 14.5. The van der Waals surface area contributed by atoms with E-state index in [4.69, 9.17) is 5.73 Å². The molecule has 0 radical (unpaired) electrons. The third-order valence-electron chi connectivity index (χ3n) is 1.25. The van der Waals surface area contributed by atoms with Crippen LogP contribution in [0.1, 0.15) is 16.1 Å². The van der Waals surface area contributed by atoms with E-state index in [0.717, 1.165) is 5.69 Å². The second kappa shape index (κ2) is 3.48. The van der Waals surface area contributed by atoms with Gasteiger partial charge >= 0.3 is 0 Å². The molecule has 11 heavy (non-hydrogen) atoms. The number of pyridine rings is 1. The van der Waals surface area contributed by atoms with Crippen molar-refractivity contribution in [3.63, 3.8) is 0 Å². The van der Waals surface area contributed by atoms with Crippen molar-refractivity contribution in [2.45, 2.75) is 5.33 Å². The van der Waals surface area contributed by atoms with Crippen molar-refractivity contribution in [2.75, 3.05) is 0 Å². The molecule has 0 fully saturated rings. The minimum absolute atomic E-state index is 0.440. The molecule has 0 aromatic carbocycles. The smallest absolute Gasteiger partial charge is 0.250 e. The lowest BCUT2D eigenvalue weighted by Crippen LogP contribution is -2.11. The van der Waals surface area contributed by atoms with Crippen LogP contribution in [0.3, 0.4) is 0 Å². The number of amides is 1. The summed E-state index contributed by atoms with van der Waals surface area (Å²) in [7, 11) is 0. The van der Waals surface area contributed by atoms with Crippen LogP contribution in [0.25, 0.3) is 0 Å². The van der Waals surface area contributed by atoms with E-state index in [9.17, 15) is 4.79 Å². The average molecular weight is 215 g/mol. The molecule has 58 valence electrons. The van der Waals surface area contributed by atoms with E-state index < -0.39 is 5.91 Å². The van der Waals surface area contributed by atoms with Crippen LogP contribution in [0.2, 0.25) is 0 Å². The zero-order valence-electron chi connectivity index (χ0n) is 5.75. The molecule has 0 saturated heterocycles. The number of rotatable bonds is 2. The summed E-state index contributed by atoms with van der Waals surface area (Å²) in [5.41, 5.74) is 6.34. The molecule has 1 heterocycles. The third-order valence-corrected chi connectivity index (χ3v) is 1.82. The van der Waals surface area contributed by atoms with Gasteiger partial charge in [-0.15, -0.1) is 0 Å². The Morgan fingerprint density at radius 1 is 1.64 bits per heavy atom. The maximum atomic E-state index is 10.6. The predicted molar refractivity (Wildman–Crippen MR) is 45.4 cm³/mol. The van der Waals surface area contributed by atoms with Gasteiger partial charge < -0.3 is 5.73 Å². The van der Waals surface area contributed by atoms with E-state index in [1.165, 1.54) is 6.20 Å². The fraction of sp³-hybridized carbons (Fsp3) is 0.143. The van der Waals surface area contributed by atoms with Gasteiger partial charge in [0.2, 0.25) is 5.91 Å². The molecule has 1 rings (SSSR count). The van der Waals surface area contributed by atoms with E-state index in [-0.39, 0.29) is 0 Å². The molecule has 0 atom stereocenters. The van der Waals surface area contributed by atoms with Crippen LogP contribution >= 0.6 is 15.9 Å². The summed E-state index contributed by atoms with van der Waals surface area (Å²) in [6.07, 6.45) is 1.47. The highest BCUT2D eigenvalue weighted by molar-refractivity contribution is 9.08. The average Bonchev–Trinajstić information content (AvgIpc) is 2.05. The maximum absolute atomic E-state index is 10.6. The van der Waals surface area contributed by atoms with Crippen molar-refractivity contribution in [2.24, 2.45) is 5.73 Å². The number of carbonyl (C=O) groups excluding carboxylic acids is 1. The summed E-state index contributed by atoms with van der Waals surface area (Å²) in [5.74, 6) is -0.446. The second-order valence-corrected chi connectivity index (χ2v) is 2.60. The number of nitrogens with two attached hydrogens (primary N) is 1. The first-order chi connectivity index (χ1) is 5.24. The van der Waals surface area contributed by atoms with Gasteiger partial charge in [-0.1, -0.05) is 15.9 Å². The van der Waals surface area contributed by atoms with Crippen LogP contribution in [0.4, 0.5) is 0 Å². The molecule has 0 bridgehead atoms. The van der Waals surface area contributed by atoms with Gasteiger partial charge in [0.05, 0.1) is 11.3 Å². The Morgan fingerprint density at radius 3 is 2.73 bits per heavy atom. The van der Waals surface area contributed by atoms with Crippen LogP contribution in [-0.4, -0.2) is 10.9 Å². The monoisotopic (exact) mass is 214 g/mol. The number of carbonyl (C=O) groups is 1. The molecule has 1 aromatic rings. The normalized spacial score (nSPS) is 9.55. The predicted octanol–water partition coefficient (Wildman–Crippen LogP) is 1.08. The largest absolute Gasteiger partial charge is 0.366 e. The number of hydrogen-bond acceptors (Lipinski definition) is 2. The first-order valence-corrected chi connectivity index (χ1v) is 4.17. The van der Waals surface area contributed by atoms with Crippen LogP contribution in [0.15, 0.2) is 18.3 Å². The first kappa shape index (κ1) is 8.20. The fourth-order valence-electron chi connectivity index (χ4n) is 0.649. The minimum Gasteiger partial charge on any atom is -0.366 e. The number of halogens is 1. The number of primary amides is 1. The van der Waals surface area contributed by atoms with Crippen molar-refractivity contribution in [1.82, 2.24) is 4.98 Å². The lowest BCUT2D eigenvalue weighted by molar-refractivity contribution is 0.1000. The number of aromatic nitrogens is 1. The molecule has 0 aliphatic rings. The van der Waals surface area contributed by atoms with Gasteiger partial charge in [0.1, 0.15) is 0 Å². The van der Waals surface area contributed by atoms with Gasteiger partial charge in [-0.3, -0.25) is 9.78 Å². The molecule has 0 saturated carbocycles.